The third-order valence-corrected chi connectivity index (χ3v) is 5.20. The maximum atomic E-state index is 11.0. The fourth-order valence-corrected chi connectivity index (χ4v) is 3.59. The molecule has 2 aromatic carbocycles. The number of ether oxygens (including phenoxy) is 6. The molecule has 5 atom stereocenters. The molecule has 3 rings (SSSR count). The number of benzene rings is 2. The van der Waals surface area contributed by atoms with Crippen LogP contribution in [0.5, 0.6) is 0 Å². The second-order valence-electron chi connectivity index (χ2n) is 7.12. The van der Waals surface area contributed by atoms with Gasteiger partial charge in [-0.05, 0) is 11.1 Å². The van der Waals surface area contributed by atoms with E-state index in [1.165, 1.54) is 21.3 Å². The van der Waals surface area contributed by atoms with E-state index in [2.05, 4.69) is 0 Å². The summed E-state index contributed by atoms with van der Waals surface area (Å²) < 4.78 is 34.6. The van der Waals surface area contributed by atoms with E-state index in [9.17, 15) is 5.11 Å². The van der Waals surface area contributed by atoms with Gasteiger partial charge in [-0.1, -0.05) is 60.7 Å². The molecule has 0 spiro atoms. The van der Waals surface area contributed by atoms with E-state index in [-0.39, 0.29) is 6.61 Å². The van der Waals surface area contributed by atoms with Crippen molar-refractivity contribution in [1.82, 2.24) is 0 Å². The molecule has 1 heterocycles. The van der Waals surface area contributed by atoms with Gasteiger partial charge in [-0.2, -0.15) is 0 Å². The number of hydrogen-bond donors (Lipinski definition) is 1. The normalized spacial score (nSPS) is 29.1. The van der Waals surface area contributed by atoms with Gasteiger partial charge in [0.25, 0.3) is 0 Å². The maximum absolute atomic E-state index is 11.0. The van der Waals surface area contributed by atoms with E-state index in [1.54, 1.807) is 0 Å². The molecule has 7 nitrogen and oxygen atoms in total. The predicted molar refractivity (Wildman–Crippen MR) is 110 cm³/mol. The lowest BCUT2D eigenvalue weighted by Gasteiger charge is -2.49. The highest BCUT2D eigenvalue weighted by Crippen LogP contribution is 2.35. The van der Waals surface area contributed by atoms with E-state index in [4.69, 9.17) is 28.4 Å². The molecule has 0 aromatic heterocycles. The van der Waals surface area contributed by atoms with Gasteiger partial charge in [0.15, 0.2) is 6.29 Å². The fourth-order valence-electron chi connectivity index (χ4n) is 3.59. The Morgan fingerprint density at radius 2 is 1.47 bits per heavy atom. The summed E-state index contributed by atoms with van der Waals surface area (Å²) in [7, 11) is 4.47. The van der Waals surface area contributed by atoms with Gasteiger partial charge >= 0.3 is 0 Å². The molecule has 1 saturated heterocycles. The first-order valence-electron chi connectivity index (χ1n) is 9.87. The number of rotatable bonds is 10. The summed E-state index contributed by atoms with van der Waals surface area (Å²) in [6, 6.07) is 19.5. The van der Waals surface area contributed by atoms with E-state index in [0.717, 1.165) is 11.1 Å². The smallest absolute Gasteiger partial charge is 0.223 e. The van der Waals surface area contributed by atoms with Crippen molar-refractivity contribution in [2.24, 2.45) is 0 Å². The van der Waals surface area contributed by atoms with Crippen LogP contribution in [-0.2, 0) is 41.6 Å². The summed E-state index contributed by atoms with van der Waals surface area (Å²) in [5.41, 5.74) is 1.99. The zero-order valence-electron chi connectivity index (χ0n) is 17.6. The van der Waals surface area contributed by atoms with Crippen molar-refractivity contribution in [3.8, 4) is 0 Å². The van der Waals surface area contributed by atoms with Crippen molar-refractivity contribution >= 4 is 0 Å². The molecule has 0 aliphatic carbocycles. The first-order valence-corrected chi connectivity index (χ1v) is 9.87. The third kappa shape index (κ3) is 5.25. The minimum atomic E-state index is -1.35. The van der Waals surface area contributed by atoms with Crippen molar-refractivity contribution in [2.45, 2.75) is 43.6 Å². The molecule has 2 aromatic rings. The maximum Gasteiger partial charge on any atom is 0.223 e. The molecule has 0 unspecified atom stereocenters. The van der Waals surface area contributed by atoms with Crippen LogP contribution in [-0.4, -0.2) is 63.4 Å². The van der Waals surface area contributed by atoms with Crippen LogP contribution >= 0.6 is 0 Å². The molecule has 30 heavy (non-hydrogen) atoms. The highest BCUT2D eigenvalue weighted by Gasteiger charge is 2.56. The highest BCUT2D eigenvalue weighted by molar-refractivity contribution is 5.14. The molecule has 0 bridgehead atoms. The highest BCUT2D eigenvalue weighted by atomic mass is 16.8. The molecule has 1 N–H and O–H groups in total. The van der Waals surface area contributed by atoms with E-state index in [0.29, 0.717) is 13.2 Å². The lowest BCUT2D eigenvalue weighted by Crippen LogP contribution is -2.68. The third-order valence-electron chi connectivity index (χ3n) is 5.20. The van der Waals surface area contributed by atoms with Gasteiger partial charge in [-0.25, -0.2) is 0 Å². The zero-order chi connectivity index (χ0) is 21.4. The van der Waals surface area contributed by atoms with Gasteiger partial charge in [-0.15, -0.1) is 0 Å². The van der Waals surface area contributed by atoms with Crippen LogP contribution in [0.4, 0.5) is 0 Å². The fraction of sp³-hybridized carbons (Fsp3) is 0.478. The second-order valence-corrected chi connectivity index (χ2v) is 7.12. The predicted octanol–water partition coefficient (Wildman–Crippen LogP) is 2.51. The van der Waals surface area contributed by atoms with Crippen LogP contribution in [0.25, 0.3) is 0 Å². The molecule has 1 aliphatic heterocycles. The quantitative estimate of drug-likeness (QED) is 0.635. The average Bonchev–Trinajstić information content (AvgIpc) is 2.79. The number of hydrogen-bond acceptors (Lipinski definition) is 7. The summed E-state index contributed by atoms with van der Waals surface area (Å²) in [4.78, 5) is 0. The monoisotopic (exact) mass is 418 g/mol. The average molecular weight is 418 g/mol. The van der Waals surface area contributed by atoms with Crippen molar-refractivity contribution in [3.63, 3.8) is 0 Å². The van der Waals surface area contributed by atoms with Gasteiger partial charge in [0, 0.05) is 21.3 Å². The molecular formula is C23H30O7. The Balaban J connectivity index is 1.70. The van der Waals surface area contributed by atoms with Crippen LogP contribution < -0.4 is 0 Å². The number of aliphatic hydroxyl groups is 1. The molecule has 1 fully saturated rings. The van der Waals surface area contributed by atoms with Gasteiger partial charge in [0.2, 0.25) is 5.79 Å². The van der Waals surface area contributed by atoms with Gasteiger partial charge in [0.05, 0.1) is 13.2 Å². The summed E-state index contributed by atoms with van der Waals surface area (Å²) in [5, 5.41) is 11.0. The van der Waals surface area contributed by atoms with Crippen LogP contribution in [0.2, 0.25) is 0 Å². The molecule has 1 aliphatic rings. The molecular weight excluding hydrogens is 388 g/mol. The summed E-state index contributed by atoms with van der Waals surface area (Å²) in [6.45, 7) is 0.708. The van der Waals surface area contributed by atoms with E-state index in [1.807, 2.05) is 60.7 Å². The van der Waals surface area contributed by atoms with E-state index < -0.39 is 30.4 Å². The molecule has 0 radical (unpaired) electrons. The van der Waals surface area contributed by atoms with Crippen molar-refractivity contribution in [2.75, 3.05) is 27.9 Å². The number of aliphatic hydroxyl groups excluding tert-OH is 1. The van der Waals surface area contributed by atoms with Gasteiger partial charge in [-0.3, -0.25) is 0 Å². The Hall–Kier alpha value is -1.84. The Kier molecular flexibility index (Phi) is 8.35. The minimum Gasteiger partial charge on any atom is -0.387 e. The van der Waals surface area contributed by atoms with Crippen molar-refractivity contribution < 1.29 is 33.5 Å². The largest absolute Gasteiger partial charge is 0.387 e. The minimum absolute atomic E-state index is 0.0409. The van der Waals surface area contributed by atoms with Crippen LogP contribution in [0, 0.1) is 0 Å². The Morgan fingerprint density at radius 1 is 0.867 bits per heavy atom. The van der Waals surface area contributed by atoms with E-state index >= 15 is 0 Å². The Bertz CT molecular complexity index is 742. The second kappa shape index (κ2) is 11.0. The first kappa shape index (κ1) is 22.8. The van der Waals surface area contributed by atoms with Gasteiger partial charge < -0.3 is 33.5 Å². The number of methoxy groups -OCH3 is 3. The topological polar surface area (TPSA) is 75.6 Å². The first-order chi connectivity index (χ1) is 14.6. The summed E-state index contributed by atoms with van der Waals surface area (Å²) in [5.74, 6) is -1.35. The summed E-state index contributed by atoms with van der Waals surface area (Å²) in [6.07, 6.45) is -3.53. The lowest BCUT2D eigenvalue weighted by atomic mass is 9.95. The SMILES string of the molecule is CO[C@@H]1O[C@@](COCc2ccccc2)(OC)[C@H](OC)[C@H](O)[C@H]1OCc1ccccc1. The summed E-state index contributed by atoms with van der Waals surface area (Å²) >= 11 is 0. The lowest BCUT2D eigenvalue weighted by molar-refractivity contribution is -0.409. The molecule has 164 valence electrons. The molecule has 0 saturated carbocycles. The molecule has 0 amide bonds. The van der Waals surface area contributed by atoms with Crippen molar-refractivity contribution in [1.29, 1.82) is 0 Å². The van der Waals surface area contributed by atoms with Crippen LogP contribution in [0.1, 0.15) is 11.1 Å². The van der Waals surface area contributed by atoms with Crippen LogP contribution in [0.3, 0.4) is 0 Å². The van der Waals surface area contributed by atoms with Crippen molar-refractivity contribution in [3.05, 3.63) is 71.8 Å². The zero-order valence-corrected chi connectivity index (χ0v) is 17.6. The van der Waals surface area contributed by atoms with Crippen LogP contribution in [0.15, 0.2) is 60.7 Å². The standard InChI is InChI=1S/C23H30O7/c1-25-21-19(24)20(29-15-18-12-8-5-9-13-18)22(26-2)30-23(21,27-3)16-28-14-17-10-6-4-7-11-17/h4-13,19-22,24H,14-16H2,1-3H3/t19-,20-,21-,22-,23-/m1/s1. The Labute approximate surface area is 177 Å². The Morgan fingerprint density at radius 3 is 2.00 bits per heavy atom. The van der Waals surface area contributed by atoms with Gasteiger partial charge in [0.1, 0.15) is 24.9 Å². The molecule has 7 heteroatoms.